The highest BCUT2D eigenvalue weighted by molar-refractivity contribution is 14.2. The number of aromatic nitrogens is 2. The quantitative estimate of drug-likeness (QED) is 0.795. The minimum atomic E-state index is -0.434. The summed E-state index contributed by atoms with van der Waals surface area (Å²) in [7, 11) is 2.93. The number of nitrogens with zero attached hydrogens (tertiary/aromatic N) is 2. The van der Waals surface area contributed by atoms with Crippen LogP contribution < -0.4 is 4.74 Å². The van der Waals surface area contributed by atoms with E-state index in [9.17, 15) is 4.39 Å². The largest absolute Gasteiger partial charge is 0.493 e. The van der Waals surface area contributed by atoms with Crippen molar-refractivity contribution in [3.05, 3.63) is 24.3 Å². The van der Waals surface area contributed by atoms with Gasteiger partial charge in [0.2, 0.25) is 0 Å². The summed E-state index contributed by atoms with van der Waals surface area (Å²) in [5.74, 6) is -0.185. The number of fused-ring (bicyclic) bond motifs is 1. The fourth-order valence-corrected chi connectivity index (χ4v) is 2.55. The zero-order valence-corrected chi connectivity index (χ0v) is 10.2. The van der Waals surface area contributed by atoms with Gasteiger partial charge in [-0.25, -0.2) is 9.37 Å². The van der Waals surface area contributed by atoms with Crippen molar-refractivity contribution in [3.63, 3.8) is 0 Å². The van der Waals surface area contributed by atoms with Gasteiger partial charge in [0, 0.05) is 36.5 Å². The van der Waals surface area contributed by atoms with Crippen LogP contribution in [0.15, 0.2) is 18.5 Å². The average molecular weight is 324 g/mol. The Morgan fingerprint density at radius 1 is 1.64 bits per heavy atom. The van der Waals surface area contributed by atoms with E-state index in [2.05, 4.69) is 26.2 Å². The standard InChI is InChI=1S/C8H6FIN2OS/c1-13-7-5-2-3-12(14-10)8(5)11-4-6(7)9/h2-4H,1H3. The normalized spacial score (nSPS) is 10.8. The van der Waals surface area contributed by atoms with Gasteiger partial charge >= 0.3 is 0 Å². The first-order valence-electron chi connectivity index (χ1n) is 3.76. The van der Waals surface area contributed by atoms with Crippen LogP contribution in [0.5, 0.6) is 5.75 Å². The van der Waals surface area contributed by atoms with E-state index >= 15 is 0 Å². The molecule has 0 amide bonds. The van der Waals surface area contributed by atoms with E-state index in [0.717, 1.165) is 0 Å². The maximum atomic E-state index is 13.2. The molecule has 0 spiro atoms. The summed E-state index contributed by atoms with van der Waals surface area (Å²) in [4.78, 5) is 4.00. The molecule has 3 nitrogen and oxygen atoms in total. The van der Waals surface area contributed by atoms with Gasteiger partial charge in [0.05, 0.1) is 18.7 Å². The number of halogens is 2. The van der Waals surface area contributed by atoms with E-state index in [0.29, 0.717) is 11.0 Å². The third kappa shape index (κ3) is 1.46. The Hall–Kier alpha value is -0.500. The van der Waals surface area contributed by atoms with Crippen LogP contribution in [0.3, 0.4) is 0 Å². The predicted octanol–water partition coefficient (Wildman–Crippen LogP) is 3.03. The number of hydrogen-bond acceptors (Lipinski definition) is 3. The van der Waals surface area contributed by atoms with E-state index in [4.69, 9.17) is 4.74 Å². The molecular weight excluding hydrogens is 318 g/mol. The summed E-state index contributed by atoms with van der Waals surface area (Å²) in [5, 5.41) is 0.691. The SMILES string of the molecule is COc1c(F)cnc2c1ccn2SI. The number of rotatable bonds is 2. The molecular formula is C8H6FIN2OS. The lowest BCUT2D eigenvalue weighted by Crippen LogP contribution is -1.92. The third-order valence-corrected chi connectivity index (χ3v) is 3.58. The zero-order valence-electron chi connectivity index (χ0n) is 7.20. The molecule has 2 rings (SSSR count). The summed E-state index contributed by atoms with van der Waals surface area (Å²) in [6, 6.07) is 1.79. The van der Waals surface area contributed by atoms with E-state index in [1.54, 1.807) is 6.07 Å². The molecule has 0 aliphatic carbocycles. The van der Waals surface area contributed by atoms with Gasteiger partial charge in [-0.1, -0.05) is 0 Å². The number of hydrogen-bond donors (Lipinski definition) is 0. The van der Waals surface area contributed by atoms with Crippen LogP contribution in [0.1, 0.15) is 0 Å². The lowest BCUT2D eigenvalue weighted by atomic mass is 10.3. The lowest BCUT2D eigenvalue weighted by molar-refractivity contribution is 0.391. The van der Waals surface area contributed by atoms with Crippen molar-refractivity contribution in [3.8, 4) is 5.75 Å². The average Bonchev–Trinajstić information content (AvgIpc) is 2.60. The molecule has 0 N–H and O–H groups in total. The second-order valence-corrected chi connectivity index (χ2v) is 4.30. The van der Waals surface area contributed by atoms with Gasteiger partial charge in [-0.05, 0) is 6.07 Å². The maximum absolute atomic E-state index is 13.2. The van der Waals surface area contributed by atoms with Crippen LogP contribution >= 0.6 is 30.3 Å². The van der Waals surface area contributed by atoms with Crippen molar-refractivity contribution in [1.29, 1.82) is 0 Å². The molecule has 0 radical (unpaired) electrons. The molecule has 0 aromatic carbocycles. The minimum Gasteiger partial charge on any atom is -0.493 e. The van der Waals surface area contributed by atoms with E-state index in [-0.39, 0.29) is 5.75 Å². The van der Waals surface area contributed by atoms with Crippen molar-refractivity contribution in [2.45, 2.75) is 0 Å². The minimum absolute atomic E-state index is 0.249. The smallest absolute Gasteiger partial charge is 0.184 e. The lowest BCUT2D eigenvalue weighted by Gasteiger charge is -2.03. The summed E-state index contributed by atoms with van der Waals surface area (Å²) < 4.78 is 20.0. The van der Waals surface area contributed by atoms with Gasteiger partial charge in [0.1, 0.15) is 0 Å². The Balaban J connectivity index is 2.76. The van der Waals surface area contributed by atoms with E-state index < -0.39 is 5.82 Å². The maximum Gasteiger partial charge on any atom is 0.184 e. The topological polar surface area (TPSA) is 27.1 Å². The molecule has 0 fully saturated rings. The highest BCUT2D eigenvalue weighted by atomic mass is 127. The molecule has 0 saturated carbocycles. The third-order valence-electron chi connectivity index (χ3n) is 1.87. The first kappa shape index (κ1) is 10.0. The number of pyridine rings is 1. The number of methoxy groups -OCH3 is 1. The second kappa shape index (κ2) is 3.93. The van der Waals surface area contributed by atoms with Gasteiger partial charge in [-0.15, -0.1) is 0 Å². The Morgan fingerprint density at radius 2 is 2.43 bits per heavy atom. The molecule has 6 heteroatoms. The zero-order chi connectivity index (χ0) is 10.1. The van der Waals surface area contributed by atoms with Crippen molar-refractivity contribution < 1.29 is 9.13 Å². The van der Waals surface area contributed by atoms with Crippen LogP contribution in [0.25, 0.3) is 11.0 Å². The molecule has 14 heavy (non-hydrogen) atoms. The fourth-order valence-electron chi connectivity index (χ4n) is 1.28. The Kier molecular flexibility index (Phi) is 2.82. The molecule has 0 aliphatic rings. The summed E-state index contributed by atoms with van der Waals surface area (Å²) in [6.45, 7) is 0. The highest BCUT2D eigenvalue weighted by Gasteiger charge is 2.12. The molecule has 2 aromatic heterocycles. The van der Waals surface area contributed by atoms with Gasteiger partial charge in [-0.3, -0.25) is 3.97 Å². The highest BCUT2D eigenvalue weighted by Crippen LogP contribution is 2.30. The summed E-state index contributed by atoms with van der Waals surface area (Å²) in [6.07, 6.45) is 3.00. The van der Waals surface area contributed by atoms with Gasteiger partial charge < -0.3 is 4.74 Å². The monoisotopic (exact) mass is 324 g/mol. The van der Waals surface area contributed by atoms with Crippen LogP contribution in [0.2, 0.25) is 0 Å². The van der Waals surface area contributed by atoms with E-state index in [1.165, 1.54) is 22.4 Å². The van der Waals surface area contributed by atoms with Crippen molar-refractivity contribution >= 4 is 41.4 Å². The molecule has 2 heterocycles. The Labute approximate surface area is 96.4 Å². The van der Waals surface area contributed by atoms with Crippen LogP contribution in [0, 0.1) is 5.82 Å². The summed E-state index contributed by atoms with van der Waals surface area (Å²) >= 11 is 2.14. The molecule has 2 aromatic rings. The van der Waals surface area contributed by atoms with Crippen molar-refractivity contribution in [1.82, 2.24) is 8.96 Å². The van der Waals surface area contributed by atoms with Gasteiger partial charge in [0.25, 0.3) is 0 Å². The van der Waals surface area contributed by atoms with Crippen LogP contribution in [-0.4, -0.2) is 16.1 Å². The van der Waals surface area contributed by atoms with Crippen molar-refractivity contribution in [2.75, 3.05) is 7.11 Å². The van der Waals surface area contributed by atoms with Crippen LogP contribution in [-0.2, 0) is 0 Å². The molecule has 0 atom stereocenters. The van der Waals surface area contributed by atoms with E-state index in [1.807, 2.05) is 10.2 Å². The Bertz CT molecular complexity index is 474. The first-order chi connectivity index (χ1) is 6.77. The van der Waals surface area contributed by atoms with Crippen molar-refractivity contribution in [2.24, 2.45) is 0 Å². The number of ether oxygens (including phenoxy) is 1. The molecule has 0 aliphatic heterocycles. The van der Waals surface area contributed by atoms with Gasteiger partial charge in [0.15, 0.2) is 17.2 Å². The molecule has 74 valence electrons. The molecule has 0 unspecified atom stereocenters. The van der Waals surface area contributed by atoms with Crippen LogP contribution in [0.4, 0.5) is 4.39 Å². The fraction of sp³-hybridized carbons (Fsp3) is 0.125. The molecule has 0 bridgehead atoms. The summed E-state index contributed by atoms with van der Waals surface area (Å²) in [5.41, 5.74) is 0.711. The molecule has 0 saturated heterocycles. The predicted molar refractivity (Wildman–Crippen MR) is 63.3 cm³/mol. The first-order valence-corrected chi connectivity index (χ1v) is 7.08. The van der Waals surface area contributed by atoms with Gasteiger partial charge in [-0.2, -0.15) is 0 Å². The second-order valence-electron chi connectivity index (χ2n) is 2.59. The Morgan fingerprint density at radius 3 is 3.07 bits per heavy atom.